The van der Waals surface area contributed by atoms with Gasteiger partial charge in [0.25, 0.3) is 0 Å². The number of benzene rings is 4. The molecule has 0 aliphatic rings. The van der Waals surface area contributed by atoms with Crippen molar-refractivity contribution in [2.45, 2.75) is 10.3 Å². The highest BCUT2D eigenvalue weighted by Crippen LogP contribution is 2.29. The number of aromatic nitrogens is 4. The molecule has 4 aromatic carbocycles. The first-order chi connectivity index (χ1) is 21.9. The molecule has 4 N–H and O–H groups in total. The van der Waals surface area contributed by atoms with Gasteiger partial charge in [-0.3, -0.25) is 9.59 Å². The van der Waals surface area contributed by atoms with Crippen LogP contribution in [-0.4, -0.2) is 57.5 Å². The first-order valence-corrected chi connectivity index (χ1v) is 15.7. The van der Waals surface area contributed by atoms with Gasteiger partial charge in [0.15, 0.2) is 10.3 Å². The number of hydrogen-bond donors (Lipinski definition) is 4. The number of nitrogens with zero attached hydrogens (tertiary/aromatic N) is 2. The number of amides is 2. The number of methoxy groups -OCH3 is 2. The van der Waals surface area contributed by atoms with Crippen LogP contribution in [0.1, 0.15) is 0 Å². The van der Waals surface area contributed by atoms with Crippen LogP contribution in [0.3, 0.4) is 0 Å². The van der Waals surface area contributed by atoms with Gasteiger partial charge in [0.1, 0.15) is 23.0 Å². The number of thioether (sulfide) groups is 2. The molecule has 0 saturated heterocycles. The third kappa shape index (κ3) is 7.69. The topological polar surface area (TPSA) is 143 Å². The molecule has 6 aromatic rings. The molecule has 0 spiro atoms. The Bertz CT molecular complexity index is 1820. The molecule has 13 heteroatoms. The fourth-order valence-corrected chi connectivity index (χ4v) is 5.71. The van der Waals surface area contributed by atoms with Crippen LogP contribution in [0, 0.1) is 0 Å². The van der Waals surface area contributed by atoms with Crippen molar-refractivity contribution in [2.24, 2.45) is 0 Å². The predicted octanol–water partition coefficient (Wildman–Crippen LogP) is 6.71. The van der Waals surface area contributed by atoms with Crippen LogP contribution in [0.2, 0.25) is 0 Å². The van der Waals surface area contributed by atoms with Crippen molar-refractivity contribution in [1.82, 2.24) is 19.9 Å². The van der Waals surface area contributed by atoms with E-state index in [0.29, 0.717) is 33.2 Å². The number of anilines is 2. The maximum Gasteiger partial charge on any atom is 0.234 e. The second-order valence-electron chi connectivity index (χ2n) is 9.67. The number of H-pyrrole nitrogens is 2. The Morgan fingerprint density at radius 1 is 0.622 bits per heavy atom. The first-order valence-electron chi connectivity index (χ1n) is 13.7. The number of carbonyl (C=O) groups is 2. The zero-order valence-electron chi connectivity index (χ0n) is 24.2. The van der Waals surface area contributed by atoms with E-state index in [2.05, 4.69) is 30.6 Å². The Hall–Kier alpha value is -5.14. The highest BCUT2D eigenvalue weighted by atomic mass is 32.2. The number of imidazole rings is 2. The average molecular weight is 641 g/mol. The van der Waals surface area contributed by atoms with Crippen molar-refractivity contribution >= 4 is 68.8 Å². The van der Waals surface area contributed by atoms with E-state index in [4.69, 9.17) is 14.2 Å². The largest absolute Gasteiger partial charge is 0.497 e. The van der Waals surface area contributed by atoms with E-state index in [9.17, 15) is 9.59 Å². The summed E-state index contributed by atoms with van der Waals surface area (Å²) >= 11 is 2.63. The van der Waals surface area contributed by atoms with Gasteiger partial charge in [-0.15, -0.1) is 0 Å². The molecule has 0 aliphatic heterocycles. The first kappa shape index (κ1) is 29.9. The third-order valence-electron chi connectivity index (χ3n) is 6.53. The van der Waals surface area contributed by atoms with Crippen molar-refractivity contribution in [3.8, 4) is 23.0 Å². The van der Waals surface area contributed by atoms with E-state index in [1.165, 1.54) is 23.5 Å². The van der Waals surface area contributed by atoms with Crippen LogP contribution in [-0.2, 0) is 9.59 Å². The Balaban J connectivity index is 1.03. The molecule has 11 nitrogen and oxygen atoms in total. The Morgan fingerprint density at radius 3 is 1.42 bits per heavy atom. The summed E-state index contributed by atoms with van der Waals surface area (Å²) < 4.78 is 16.4. The van der Waals surface area contributed by atoms with Crippen LogP contribution in [0.4, 0.5) is 11.4 Å². The maximum atomic E-state index is 12.4. The number of ether oxygens (including phenoxy) is 3. The lowest BCUT2D eigenvalue weighted by atomic mass is 10.3. The molecule has 6 rings (SSSR count). The molecular formula is C32H28N6O5S2. The third-order valence-corrected chi connectivity index (χ3v) is 8.27. The van der Waals surface area contributed by atoms with Crippen LogP contribution >= 0.6 is 23.5 Å². The summed E-state index contributed by atoms with van der Waals surface area (Å²) in [4.78, 5) is 40.5. The van der Waals surface area contributed by atoms with Crippen molar-refractivity contribution < 1.29 is 23.8 Å². The second-order valence-corrected chi connectivity index (χ2v) is 11.6. The fraction of sp³-hybridized carbons (Fsp3) is 0.125. The summed E-state index contributed by atoms with van der Waals surface area (Å²) in [5.74, 6) is 2.84. The number of fused-ring (bicyclic) bond motifs is 2. The average Bonchev–Trinajstić information content (AvgIpc) is 3.66. The quantitative estimate of drug-likeness (QED) is 0.107. The highest BCUT2D eigenvalue weighted by molar-refractivity contribution is 8.00. The smallest absolute Gasteiger partial charge is 0.234 e. The van der Waals surface area contributed by atoms with Gasteiger partial charge < -0.3 is 34.8 Å². The van der Waals surface area contributed by atoms with E-state index in [1.807, 2.05) is 36.4 Å². The SMILES string of the molecule is COc1ccc(NC(=O)CSc2nc3ccc(Oc4ccc5nc(SCC(=O)Nc6ccc(OC)cc6)[nH]c5c4)cc3[nH]2)cc1. The van der Waals surface area contributed by atoms with Crippen LogP contribution in [0.5, 0.6) is 23.0 Å². The number of aromatic amines is 2. The van der Waals surface area contributed by atoms with Gasteiger partial charge in [-0.1, -0.05) is 23.5 Å². The normalized spacial score (nSPS) is 11.0. The lowest BCUT2D eigenvalue weighted by Crippen LogP contribution is -2.14. The predicted molar refractivity (Wildman–Crippen MR) is 177 cm³/mol. The van der Waals surface area contributed by atoms with Crippen molar-refractivity contribution in [2.75, 3.05) is 36.4 Å². The Kier molecular flexibility index (Phi) is 9.08. The van der Waals surface area contributed by atoms with Gasteiger partial charge in [-0.05, 0) is 72.8 Å². The second kappa shape index (κ2) is 13.7. The number of rotatable bonds is 12. The molecule has 0 radical (unpaired) electrons. The molecule has 0 bridgehead atoms. The van der Waals surface area contributed by atoms with Gasteiger partial charge in [-0.2, -0.15) is 0 Å². The molecule has 2 amide bonds. The lowest BCUT2D eigenvalue weighted by molar-refractivity contribution is -0.114. The fourth-order valence-electron chi connectivity index (χ4n) is 4.34. The number of hydrogen-bond acceptors (Lipinski definition) is 9. The summed E-state index contributed by atoms with van der Waals surface area (Å²) in [6, 6.07) is 25.5. The maximum absolute atomic E-state index is 12.4. The molecule has 0 fully saturated rings. The Labute approximate surface area is 266 Å². The molecule has 2 aromatic heterocycles. The standard InChI is InChI=1S/C32H28N6O5S2/c1-41-21-7-3-19(4-8-21)33-29(39)17-44-31-35-25-13-11-23(15-27(25)37-31)43-24-12-14-26-28(16-24)38-32(36-26)45-18-30(40)34-20-5-9-22(42-2)10-6-20/h3-16H,17-18H2,1-2H3,(H,33,39)(H,34,40)(H,35,37)(H,36,38). The summed E-state index contributed by atoms with van der Waals surface area (Å²) in [6.07, 6.45) is 0. The number of nitrogens with one attached hydrogen (secondary N) is 4. The van der Waals surface area contributed by atoms with Crippen molar-refractivity contribution in [3.05, 3.63) is 84.9 Å². The highest BCUT2D eigenvalue weighted by Gasteiger charge is 2.11. The van der Waals surface area contributed by atoms with E-state index in [1.54, 1.807) is 62.8 Å². The van der Waals surface area contributed by atoms with Gasteiger partial charge in [-0.25, -0.2) is 9.97 Å². The zero-order chi connectivity index (χ0) is 31.2. The van der Waals surface area contributed by atoms with Crippen LogP contribution < -0.4 is 24.8 Å². The summed E-state index contributed by atoms with van der Waals surface area (Å²) in [5.41, 5.74) is 4.51. The lowest BCUT2D eigenvalue weighted by Gasteiger charge is -2.05. The number of carbonyl (C=O) groups excluding carboxylic acids is 2. The zero-order valence-corrected chi connectivity index (χ0v) is 25.9. The molecule has 0 unspecified atom stereocenters. The molecule has 0 atom stereocenters. The molecule has 0 saturated carbocycles. The van der Waals surface area contributed by atoms with Crippen molar-refractivity contribution in [1.29, 1.82) is 0 Å². The molecule has 228 valence electrons. The van der Waals surface area contributed by atoms with Gasteiger partial charge in [0, 0.05) is 23.5 Å². The molecular weight excluding hydrogens is 613 g/mol. The molecule has 2 heterocycles. The van der Waals surface area contributed by atoms with E-state index < -0.39 is 0 Å². The summed E-state index contributed by atoms with van der Waals surface area (Å²) in [6.45, 7) is 0. The summed E-state index contributed by atoms with van der Waals surface area (Å²) in [5, 5.41) is 7.00. The van der Waals surface area contributed by atoms with Gasteiger partial charge in [0.05, 0.1) is 47.8 Å². The minimum Gasteiger partial charge on any atom is -0.497 e. The van der Waals surface area contributed by atoms with Crippen molar-refractivity contribution in [3.63, 3.8) is 0 Å². The van der Waals surface area contributed by atoms with Crippen LogP contribution in [0.25, 0.3) is 22.1 Å². The van der Waals surface area contributed by atoms with E-state index >= 15 is 0 Å². The van der Waals surface area contributed by atoms with Crippen LogP contribution in [0.15, 0.2) is 95.2 Å². The molecule has 45 heavy (non-hydrogen) atoms. The van der Waals surface area contributed by atoms with E-state index in [0.717, 1.165) is 33.6 Å². The van der Waals surface area contributed by atoms with Gasteiger partial charge in [0.2, 0.25) is 11.8 Å². The minimum atomic E-state index is -0.137. The Morgan fingerprint density at radius 2 is 1.02 bits per heavy atom. The summed E-state index contributed by atoms with van der Waals surface area (Å²) in [7, 11) is 3.19. The minimum absolute atomic E-state index is 0.137. The monoisotopic (exact) mass is 640 g/mol. The molecule has 0 aliphatic carbocycles. The van der Waals surface area contributed by atoms with Gasteiger partial charge >= 0.3 is 0 Å². The van der Waals surface area contributed by atoms with E-state index in [-0.39, 0.29) is 23.3 Å².